The van der Waals surface area contributed by atoms with Crippen molar-refractivity contribution in [3.8, 4) is 0 Å². The molecule has 3 aromatic rings. The molecule has 0 N–H and O–H groups in total. The second-order valence-corrected chi connectivity index (χ2v) is 8.70. The Bertz CT molecular complexity index is 1060. The largest absolute Gasteiger partial charge is 0.422 e. The molecule has 2 saturated carbocycles. The summed E-state index contributed by atoms with van der Waals surface area (Å²) in [5, 5.41) is 8.04. The summed E-state index contributed by atoms with van der Waals surface area (Å²) < 4.78 is 43.7. The van der Waals surface area contributed by atoms with E-state index in [1.165, 1.54) is 9.96 Å². The highest BCUT2D eigenvalue weighted by Crippen LogP contribution is 2.59. The van der Waals surface area contributed by atoms with Gasteiger partial charge in [-0.2, -0.15) is 13.2 Å². The Kier molecular flexibility index (Phi) is 3.56. The molecule has 3 fully saturated rings. The van der Waals surface area contributed by atoms with Crippen LogP contribution in [-0.2, 0) is 12.6 Å². The third kappa shape index (κ3) is 2.81. The van der Waals surface area contributed by atoms with E-state index in [9.17, 15) is 13.2 Å². The zero-order valence-electron chi connectivity index (χ0n) is 15.8. The Balaban J connectivity index is 1.32. The maximum absolute atomic E-state index is 14.1. The van der Waals surface area contributed by atoms with E-state index >= 15 is 0 Å². The van der Waals surface area contributed by atoms with Crippen LogP contribution in [0.25, 0.3) is 5.65 Å². The number of hydrogen-bond donors (Lipinski definition) is 0. The molecular weight excluding hydrogens is 377 g/mol. The van der Waals surface area contributed by atoms with Crippen molar-refractivity contribution in [1.29, 1.82) is 0 Å². The van der Waals surface area contributed by atoms with E-state index in [1.807, 2.05) is 23.1 Å². The lowest BCUT2D eigenvalue weighted by Crippen LogP contribution is -2.27. The highest BCUT2D eigenvalue weighted by molar-refractivity contribution is 5.68. The predicted molar refractivity (Wildman–Crippen MR) is 103 cm³/mol. The standard InChI is InChI=1S/C22H21F3N4/c23-22(24,25)20-17(8-9-29-18(10-13-6-7-13)26-27-21(20)29)28-11-15-16(12-28)19(15)14-4-2-1-3-5-14/h1-5,8-9,13,15-16,19H,6-7,10-12H2. The lowest BCUT2D eigenvalue weighted by Gasteiger charge is -2.26. The van der Waals surface area contributed by atoms with Crippen LogP contribution in [-0.4, -0.2) is 27.7 Å². The number of aromatic nitrogens is 3. The van der Waals surface area contributed by atoms with E-state index in [2.05, 4.69) is 22.3 Å². The molecule has 6 rings (SSSR count). The molecule has 1 aromatic carbocycles. The fourth-order valence-electron chi connectivity index (χ4n) is 5.14. The van der Waals surface area contributed by atoms with Crippen LogP contribution in [0.2, 0.25) is 0 Å². The summed E-state index contributed by atoms with van der Waals surface area (Å²) in [6.45, 7) is 1.32. The van der Waals surface area contributed by atoms with Crippen LogP contribution in [0, 0.1) is 17.8 Å². The summed E-state index contributed by atoms with van der Waals surface area (Å²) in [6, 6.07) is 11.9. The smallest absolute Gasteiger partial charge is 0.370 e. The van der Waals surface area contributed by atoms with Gasteiger partial charge in [0.05, 0.1) is 5.69 Å². The van der Waals surface area contributed by atoms with Crippen molar-refractivity contribution in [2.75, 3.05) is 18.0 Å². The first-order valence-corrected chi connectivity index (χ1v) is 10.2. The molecule has 0 spiro atoms. The van der Waals surface area contributed by atoms with Crippen molar-refractivity contribution in [1.82, 2.24) is 14.6 Å². The molecule has 3 heterocycles. The Labute approximate surface area is 166 Å². The topological polar surface area (TPSA) is 33.4 Å². The first-order chi connectivity index (χ1) is 14.0. The molecule has 1 aliphatic heterocycles. The summed E-state index contributed by atoms with van der Waals surface area (Å²) in [4.78, 5) is 1.90. The quantitative estimate of drug-likeness (QED) is 0.647. The Morgan fingerprint density at radius 1 is 0.966 bits per heavy atom. The van der Waals surface area contributed by atoms with E-state index in [1.54, 1.807) is 12.3 Å². The van der Waals surface area contributed by atoms with Crippen LogP contribution in [0.15, 0.2) is 42.6 Å². The zero-order chi connectivity index (χ0) is 19.8. The lowest BCUT2D eigenvalue weighted by atomic mass is 10.1. The first kappa shape index (κ1) is 17.3. The average Bonchev–Trinajstić information content (AvgIpc) is 3.56. The maximum Gasteiger partial charge on any atom is 0.422 e. The van der Waals surface area contributed by atoms with Crippen molar-refractivity contribution in [2.24, 2.45) is 17.8 Å². The highest BCUT2D eigenvalue weighted by Gasteiger charge is 2.57. The first-order valence-electron chi connectivity index (χ1n) is 10.2. The Morgan fingerprint density at radius 2 is 1.69 bits per heavy atom. The average molecular weight is 398 g/mol. The molecule has 2 aromatic heterocycles. The van der Waals surface area contributed by atoms with E-state index in [-0.39, 0.29) is 11.3 Å². The van der Waals surface area contributed by atoms with Gasteiger partial charge in [-0.15, -0.1) is 10.2 Å². The van der Waals surface area contributed by atoms with Crippen molar-refractivity contribution in [3.63, 3.8) is 0 Å². The number of fused-ring (bicyclic) bond motifs is 2. The molecule has 0 bridgehead atoms. The Hall–Kier alpha value is -2.57. The number of rotatable bonds is 4. The minimum absolute atomic E-state index is 0.0640. The number of halogens is 3. The molecule has 29 heavy (non-hydrogen) atoms. The molecule has 4 nitrogen and oxygen atoms in total. The monoisotopic (exact) mass is 398 g/mol. The van der Waals surface area contributed by atoms with Crippen LogP contribution in [0.4, 0.5) is 18.9 Å². The summed E-state index contributed by atoms with van der Waals surface area (Å²) in [5.74, 6) is 2.50. The van der Waals surface area contributed by atoms with Gasteiger partial charge in [-0.05, 0) is 48.1 Å². The Morgan fingerprint density at radius 3 is 2.34 bits per heavy atom. The fraction of sp³-hybridized carbons (Fsp3) is 0.455. The van der Waals surface area contributed by atoms with Gasteiger partial charge in [0.15, 0.2) is 5.65 Å². The van der Waals surface area contributed by atoms with E-state index in [4.69, 9.17) is 0 Å². The lowest BCUT2D eigenvalue weighted by molar-refractivity contribution is -0.136. The highest BCUT2D eigenvalue weighted by atomic mass is 19.4. The van der Waals surface area contributed by atoms with Crippen LogP contribution >= 0.6 is 0 Å². The third-order valence-corrected chi connectivity index (χ3v) is 6.80. The van der Waals surface area contributed by atoms with Gasteiger partial charge in [-0.1, -0.05) is 30.3 Å². The van der Waals surface area contributed by atoms with Gasteiger partial charge >= 0.3 is 6.18 Å². The summed E-state index contributed by atoms with van der Waals surface area (Å²) in [6.07, 6.45) is 0.199. The number of piperidine rings is 1. The number of pyridine rings is 1. The van der Waals surface area contributed by atoms with Crippen LogP contribution in [0.3, 0.4) is 0 Å². The molecule has 2 atom stereocenters. The molecule has 0 radical (unpaired) electrons. The molecular formula is C22H21F3N4. The van der Waals surface area contributed by atoms with Crippen LogP contribution in [0.1, 0.15) is 35.7 Å². The molecule has 2 unspecified atom stereocenters. The number of nitrogens with zero attached hydrogens (tertiary/aromatic N) is 4. The SMILES string of the molecule is FC(F)(F)c1c(N2CC3C(C2)C3c2ccccc2)ccn2c(CC3CC3)nnc12. The van der Waals surface area contributed by atoms with E-state index in [0.717, 1.165) is 12.8 Å². The normalized spacial score (nSPS) is 26.2. The molecule has 2 aliphatic carbocycles. The minimum Gasteiger partial charge on any atom is -0.370 e. The van der Waals surface area contributed by atoms with Crippen molar-refractivity contribution in [3.05, 3.63) is 59.5 Å². The van der Waals surface area contributed by atoms with Gasteiger partial charge in [0.2, 0.25) is 0 Å². The number of alkyl halides is 3. The molecule has 150 valence electrons. The second kappa shape index (κ2) is 5.97. The number of anilines is 1. The van der Waals surface area contributed by atoms with Gasteiger partial charge < -0.3 is 4.90 Å². The fourth-order valence-corrected chi connectivity index (χ4v) is 5.14. The van der Waals surface area contributed by atoms with Crippen LogP contribution in [0.5, 0.6) is 0 Å². The van der Waals surface area contributed by atoms with Crippen molar-refractivity contribution in [2.45, 2.75) is 31.4 Å². The molecule has 7 heteroatoms. The third-order valence-electron chi connectivity index (χ3n) is 6.80. The number of benzene rings is 1. The van der Waals surface area contributed by atoms with Gasteiger partial charge in [0.25, 0.3) is 0 Å². The van der Waals surface area contributed by atoms with Gasteiger partial charge in [0, 0.05) is 25.7 Å². The van der Waals surface area contributed by atoms with Gasteiger partial charge in [-0.25, -0.2) is 0 Å². The summed E-state index contributed by atoms with van der Waals surface area (Å²) in [5.41, 5.74) is 0.836. The van der Waals surface area contributed by atoms with Crippen molar-refractivity contribution >= 4 is 11.3 Å². The summed E-state index contributed by atoms with van der Waals surface area (Å²) >= 11 is 0. The number of hydrogen-bond acceptors (Lipinski definition) is 3. The van der Waals surface area contributed by atoms with E-state index in [0.29, 0.717) is 49.0 Å². The zero-order valence-corrected chi connectivity index (χ0v) is 15.8. The molecule has 1 saturated heterocycles. The minimum atomic E-state index is -4.46. The van der Waals surface area contributed by atoms with Crippen LogP contribution < -0.4 is 4.90 Å². The van der Waals surface area contributed by atoms with E-state index < -0.39 is 11.7 Å². The van der Waals surface area contributed by atoms with Gasteiger partial charge in [-0.3, -0.25) is 4.40 Å². The second-order valence-electron chi connectivity index (χ2n) is 8.70. The molecule has 3 aliphatic rings. The summed E-state index contributed by atoms with van der Waals surface area (Å²) in [7, 11) is 0. The maximum atomic E-state index is 14.1. The molecule has 0 amide bonds. The van der Waals surface area contributed by atoms with Gasteiger partial charge in [0.1, 0.15) is 11.4 Å². The van der Waals surface area contributed by atoms with Crippen molar-refractivity contribution < 1.29 is 13.2 Å². The predicted octanol–water partition coefficient (Wildman–Crippen LogP) is 4.55.